The molecule has 0 radical (unpaired) electrons. The Morgan fingerprint density at radius 2 is 1.81 bits per heavy atom. The average Bonchev–Trinajstić information content (AvgIpc) is 3.04. The van der Waals surface area contributed by atoms with Gasteiger partial charge in [-0.1, -0.05) is 19.9 Å². The van der Waals surface area contributed by atoms with Crippen molar-refractivity contribution in [2.24, 2.45) is 5.92 Å². The van der Waals surface area contributed by atoms with Crippen molar-refractivity contribution >= 4 is 23.6 Å². The lowest BCUT2D eigenvalue weighted by Gasteiger charge is -2.31. The molecule has 0 saturated carbocycles. The highest BCUT2D eigenvalue weighted by Crippen LogP contribution is 2.44. The van der Waals surface area contributed by atoms with Crippen molar-refractivity contribution in [1.29, 1.82) is 0 Å². The molecule has 2 atom stereocenters. The van der Waals surface area contributed by atoms with Gasteiger partial charge in [0.2, 0.25) is 11.8 Å². The number of hydrogen-bond donors (Lipinski definition) is 1. The quantitative estimate of drug-likeness (QED) is 0.822. The highest BCUT2D eigenvalue weighted by molar-refractivity contribution is 7.99. The van der Waals surface area contributed by atoms with Gasteiger partial charge < -0.3 is 19.7 Å². The second-order valence-corrected chi connectivity index (χ2v) is 7.99. The van der Waals surface area contributed by atoms with Crippen LogP contribution >= 0.6 is 11.8 Å². The number of carbonyl (C=O) groups excluding carboxylic acids is 2. The van der Waals surface area contributed by atoms with Gasteiger partial charge in [-0.25, -0.2) is 0 Å². The van der Waals surface area contributed by atoms with E-state index in [2.05, 4.69) is 5.32 Å². The number of ether oxygens (including phenoxy) is 2. The van der Waals surface area contributed by atoms with E-state index in [1.807, 2.05) is 45.9 Å². The highest BCUT2D eigenvalue weighted by Gasteiger charge is 2.43. The standard InChI is InChI=1S/C19H28N2O4S/c1-11(2)18(23)21-14(17(22)20-12(3)4)10-26-19(21)13-7-8-15(24-5)16(9-13)25-6/h7-9,11-12,14,19H,10H2,1-6H3,(H,20,22). The molecule has 0 aromatic heterocycles. The summed E-state index contributed by atoms with van der Waals surface area (Å²) in [7, 11) is 3.17. The number of amides is 2. The summed E-state index contributed by atoms with van der Waals surface area (Å²) in [5.74, 6) is 1.48. The van der Waals surface area contributed by atoms with Crippen LogP contribution in [0.5, 0.6) is 11.5 Å². The third-order valence-electron chi connectivity index (χ3n) is 4.18. The van der Waals surface area contributed by atoms with Crippen molar-refractivity contribution in [3.8, 4) is 11.5 Å². The Balaban J connectivity index is 2.37. The summed E-state index contributed by atoms with van der Waals surface area (Å²) >= 11 is 1.59. The molecular formula is C19H28N2O4S. The van der Waals surface area contributed by atoms with Gasteiger partial charge in [-0.15, -0.1) is 11.8 Å². The largest absolute Gasteiger partial charge is 0.493 e. The lowest BCUT2D eigenvalue weighted by Crippen LogP contribution is -2.50. The smallest absolute Gasteiger partial charge is 0.243 e. The van der Waals surface area contributed by atoms with Crippen LogP contribution < -0.4 is 14.8 Å². The molecule has 1 aromatic rings. The summed E-state index contributed by atoms with van der Waals surface area (Å²) in [4.78, 5) is 27.2. The van der Waals surface area contributed by atoms with E-state index in [4.69, 9.17) is 9.47 Å². The normalized spacial score (nSPS) is 19.8. The molecule has 1 saturated heterocycles. The molecule has 1 aliphatic heterocycles. The molecule has 1 heterocycles. The zero-order chi connectivity index (χ0) is 19.4. The van der Waals surface area contributed by atoms with E-state index in [1.165, 1.54) is 0 Å². The first-order valence-electron chi connectivity index (χ1n) is 8.76. The first kappa shape index (κ1) is 20.4. The van der Waals surface area contributed by atoms with Crippen LogP contribution in [0.15, 0.2) is 18.2 Å². The molecule has 0 spiro atoms. The molecule has 1 fully saturated rings. The summed E-state index contributed by atoms with van der Waals surface area (Å²) < 4.78 is 10.7. The second-order valence-electron chi connectivity index (χ2n) is 6.88. The predicted molar refractivity (Wildman–Crippen MR) is 103 cm³/mol. The number of hydrogen-bond acceptors (Lipinski definition) is 5. The summed E-state index contributed by atoms with van der Waals surface area (Å²) in [6.45, 7) is 7.55. The molecule has 26 heavy (non-hydrogen) atoms. The van der Waals surface area contributed by atoms with E-state index < -0.39 is 6.04 Å². The molecule has 2 unspecified atom stereocenters. The number of benzene rings is 1. The van der Waals surface area contributed by atoms with Crippen LogP contribution in [0.2, 0.25) is 0 Å². The summed E-state index contributed by atoms with van der Waals surface area (Å²) in [6.07, 6.45) is 0. The second kappa shape index (κ2) is 8.66. The Morgan fingerprint density at radius 3 is 2.35 bits per heavy atom. The maximum absolute atomic E-state index is 12.9. The van der Waals surface area contributed by atoms with Gasteiger partial charge in [0.25, 0.3) is 0 Å². The Labute approximate surface area is 159 Å². The van der Waals surface area contributed by atoms with Gasteiger partial charge in [0.05, 0.1) is 14.2 Å². The van der Waals surface area contributed by atoms with Crippen molar-refractivity contribution in [1.82, 2.24) is 10.2 Å². The molecule has 1 N–H and O–H groups in total. The SMILES string of the molecule is COc1ccc(C2SCC(C(=O)NC(C)C)N2C(=O)C(C)C)cc1OC. The van der Waals surface area contributed by atoms with Gasteiger partial charge in [-0.3, -0.25) is 9.59 Å². The summed E-state index contributed by atoms with van der Waals surface area (Å²) in [6, 6.07) is 5.18. The van der Waals surface area contributed by atoms with Gasteiger partial charge in [0, 0.05) is 17.7 Å². The molecule has 0 bridgehead atoms. The van der Waals surface area contributed by atoms with Crippen LogP contribution in [0.1, 0.15) is 38.6 Å². The van der Waals surface area contributed by atoms with Gasteiger partial charge in [-0.05, 0) is 31.5 Å². The predicted octanol–water partition coefficient (Wildman–Crippen LogP) is 2.83. The highest BCUT2D eigenvalue weighted by atomic mass is 32.2. The zero-order valence-corrected chi connectivity index (χ0v) is 17.1. The Hall–Kier alpha value is -1.89. The molecule has 6 nitrogen and oxygen atoms in total. The number of nitrogens with zero attached hydrogens (tertiary/aromatic N) is 1. The lowest BCUT2D eigenvalue weighted by molar-refractivity contribution is -0.142. The van der Waals surface area contributed by atoms with Gasteiger partial charge in [-0.2, -0.15) is 0 Å². The number of nitrogens with one attached hydrogen (secondary N) is 1. The molecule has 7 heteroatoms. The number of carbonyl (C=O) groups is 2. The molecule has 1 aliphatic rings. The topological polar surface area (TPSA) is 67.9 Å². The molecule has 2 amide bonds. The van der Waals surface area contributed by atoms with Crippen LogP contribution in [0.4, 0.5) is 0 Å². The number of thioether (sulfide) groups is 1. The summed E-state index contributed by atoms with van der Waals surface area (Å²) in [5.41, 5.74) is 0.918. The van der Waals surface area contributed by atoms with E-state index in [-0.39, 0.29) is 29.1 Å². The maximum Gasteiger partial charge on any atom is 0.243 e. The first-order chi connectivity index (χ1) is 12.3. The molecule has 2 rings (SSSR count). The minimum Gasteiger partial charge on any atom is -0.493 e. The minimum atomic E-state index is -0.476. The van der Waals surface area contributed by atoms with Crippen molar-refractivity contribution in [2.45, 2.75) is 45.2 Å². The zero-order valence-electron chi connectivity index (χ0n) is 16.2. The average molecular weight is 381 g/mol. The molecule has 0 aliphatic carbocycles. The molecule has 144 valence electrons. The fourth-order valence-electron chi connectivity index (χ4n) is 2.92. The monoisotopic (exact) mass is 380 g/mol. The van der Waals surface area contributed by atoms with E-state index in [0.29, 0.717) is 17.3 Å². The van der Waals surface area contributed by atoms with Crippen LogP contribution in [-0.2, 0) is 9.59 Å². The number of methoxy groups -OCH3 is 2. The minimum absolute atomic E-state index is 0.0290. The van der Waals surface area contributed by atoms with Crippen LogP contribution in [0.3, 0.4) is 0 Å². The molecule has 1 aromatic carbocycles. The third kappa shape index (κ3) is 4.26. The Kier molecular flexibility index (Phi) is 6.81. The van der Waals surface area contributed by atoms with E-state index >= 15 is 0 Å². The van der Waals surface area contributed by atoms with E-state index in [1.54, 1.807) is 30.9 Å². The van der Waals surface area contributed by atoms with E-state index in [0.717, 1.165) is 5.56 Å². The fraction of sp³-hybridized carbons (Fsp3) is 0.579. The Bertz CT molecular complexity index is 663. The third-order valence-corrected chi connectivity index (χ3v) is 5.50. The van der Waals surface area contributed by atoms with Crippen molar-refractivity contribution in [2.75, 3.05) is 20.0 Å². The van der Waals surface area contributed by atoms with Gasteiger partial charge in [0.1, 0.15) is 11.4 Å². The van der Waals surface area contributed by atoms with E-state index in [9.17, 15) is 9.59 Å². The van der Waals surface area contributed by atoms with Crippen LogP contribution in [-0.4, -0.2) is 48.8 Å². The van der Waals surface area contributed by atoms with Crippen LogP contribution in [0.25, 0.3) is 0 Å². The van der Waals surface area contributed by atoms with Crippen molar-refractivity contribution in [3.63, 3.8) is 0 Å². The maximum atomic E-state index is 12.9. The molecular weight excluding hydrogens is 352 g/mol. The number of rotatable bonds is 6. The van der Waals surface area contributed by atoms with Gasteiger partial charge in [0.15, 0.2) is 11.5 Å². The van der Waals surface area contributed by atoms with Gasteiger partial charge >= 0.3 is 0 Å². The van der Waals surface area contributed by atoms with Crippen molar-refractivity contribution < 1.29 is 19.1 Å². The fourth-order valence-corrected chi connectivity index (χ4v) is 4.35. The van der Waals surface area contributed by atoms with Crippen LogP contribution in [0, 0.1) is 5.92 Å². The lowest BCUT2D eigenvalue weighted by atomic mass is 10.1. The van der Waals surface area contributed by atoms with Crippen molar-refractivity contribution in [3.05, 3.63) is 23.8 Å². The first-order valence-corrected chi connectivity index (χ1v) is 9.81. The Morgan fingerprint density at radius 1 is 1.15 bits per heavy atom. The summed E-state index contributed by atoms with van der Waals surface area (Å²) in [5, 5.41) is 2.70.